The van der Waals surface area contributed by atoms with E-state index in [0.717, 1.165) is 22.7 Å². The summed E-state index contributed by atoms with van der Waals surface area (Å²) in [5.41, 5.74) is 2.28. The van der Waals surface area contributed by atoms with Crippen LogP contribution in [0.3, 0.4) is 0 Å². The van der Waals surface area contributed by atoms with E-state index >= 15 is 0 Å². The van der Waals surface area contributed by atoms with Gasteiger partial charge in [-0.15, -0.1) is 0 Å². The Balaban J connectivity index is 1.71. The highest BCUT2D eigenvalue weighted by Crippen LogP contribution is 2.29. The highest BCUT2D eigenvalue weighted by molar-refractivity contribution is 6.15. The number of carbonyl (C=O) groups is 1. The number of hydrogen-bond donors (Lipinski definition) is 2. The number of amides is 1. The van der Waals surface area contributed by atoms with Crippen LogP contribution < -0.4 is 10.1 Å². The molecule has 2 aromatic carbocycles. The third kappa shape index (κ3) is 5.80. The van der Waals surface area contributed by atoms with Crippen molar-refractivity contribution in [1.82, 2.24) is 19.8 Å². The number of aliphatic hydroxyl groups excluding tert-OH is 1. The zero-order valence-corrected chi connectivity index (χ0v) is 19.8. The molecule has 1 amide bonds. The van der Waals surface area contributed by atoms with Gasteiger partial charge >= 0.3 is 6.18 Å². The van der Waals surface area contributed by atoms with Crippen molar-refractivity contribution in [3.8, 4) is 11.4 Å². The van der Waals surface area contributed by atoms with Gasteiger partial charge in [-0.25, -0.2) is 14.4 Å². The minimum Gasteiger partial charge on any atom is -0.495 e. The van der Waals surface area contributed by atoms with Gasteiger partial charge in [0, 0.05) is 6.20 Å². The third-order valence-corrected chi connectivity index (χ3v) is 5.58. The molecule has 0 unspecified atom stereocenters. The van der Waals surface area contributed by atoms with E-state index in [1.165, 1.54) is 25.3 Å². The Kier molecular flexibility index (Phi) is 7.30. The molecule has 0 spiro atoms. The van der Waals surface area contributed by atoms with E-state index in [2.05, 4.69) is 15.3 Å². The van der Waals surface area contributed by atoms with Crippen molar-refractivity contribution in [2.75, 3.05) is 20.3 Å². The Bertz CT molecular complexity index is 1350. The number of nitrogens with zero attached hydrogens (tertiary/aromatic N) is 4. The Hall–Kier alpha value is -4.19. The number of carbonyl (C=O) groups excluding carboxylic acids is 1. The van der Waals surface area contributed by atoms with E-state index in [0.29, 0.717) is 22.6 Å². The minimum atomic E-state index is -4.62. The first-order valence-corrected chi connectivity index (χ1v) is 11.1. The van der Waals surface area contributed by atoms with Gasteiger partial charge in [-0.1, -0.05) is 18.2 Å². The number of aryl methyl sites for hydroxylation is 1. The number of benzene rings is 2. The van der Waals surface area contributed by atoms with Crippen molar-refractivity contribution < 1.29 is 32.2 Å². The lowest BCUT2D eigenvalue weighted by Crippen LogP contribution is -2.38. The van der Waals surface area contributed by atoms with Gasteiger partial charge < -0.3 is 19.7 Å². The van der Waals surface area contributed by atoms with Gasteiger partial charge in [0.1, 0.15) is 23.8 Å². The van der Waals surface area contributed by atoms with Gasteiger partial charge in [0.2, 0.25) is 5.96 Å². The van der Waals surface area contributed by atoms with Crippen LogP contribution in [0.1, 0.15) is 22.9 Å². The lowest BCUT2D eigenvalue weighted by Gasteiger charge is -2.25. The largest absolute Gasteiger partial charge is 0.495 e. The number of aromatic nitrogens is 2. The van der Waals surface area contributed by atoms with Crippen molar-refractivity contribution in [2.45, 2.75) is 19.1 Å². The predicted molar refractivity (Wildman–Crippen MR) is 127 cm³/mol. The van der Waals surface area contributed by atoms with Crippen LogP contribution in [0, 0.1) is 12.7 Å². The highest BCUT2D eigenvalue weighted by Gasteiger charge is 2.39. The van der Waals surface area contributed by atoms with E-state index < -0.39 is 37.1 Å². The lowest BCUT2D eigenvalue weighted by molar-refractivity contribution is -0.125. The molecule has 2 heterocycles. The number of alkyl halides is 3. The molecule has 1 aliphatic rings. The molecule has 37 heavy (non-hydrogen) atoms. The number of rotatable bonds is 7. The molecule has 194 valence electrons. The average molecular weight is 517 g/mol. The van der Waals surface area contributed by atoms with E-state index in [-0.39, 0.29) is 11.7 Å². The molecular weight excluding hydrogens is 494 g/mol. The molecule has 8 nitrogen and oxygen atoms in total. The van der Waals surface area contributed by atoms with Crippen molar-refractivity contribution in [2.24, 2.45) is 4.99 Å². The van der Waals surface area contributed by atoms with E-state index in [9.17, 15) is 27.5 Å². The van der Waals surface area contributed by atoms with Crippen LogP contribution in [0.2, 0.25) is 0 Å². The lowest BCUT2D eigenvalue weighted by atomic mass is 10.1. The maximum Gasteiger partial charge on any atom is 0.408 e. The molecule has 1 aliphatic heterocycles. The zero-order valence-electron chi connectivity index (χ0n) is 19.8. The summed E-state index contributed by atoms with van der Waals surface area (Å²) < 4.78 is 59.4. The van der Waals surface area contributed by atoms with Crippen LogP contribution >= 0.6 is 0 Å². The molecule has 4 rings (SSSR count). The van der Waals surface area contributed by atoms with E-state index in [1.807, 2.05) is 13.1 Å². The van der Waals surface area contributed by atoms with Gasteiger partial charge in [-0.2, -0.15) is 13.2 Å². The second kappa shape index (κ2) is 10.4. The Morgan fingerprint density at radius 3 is 2.54 bits per heavy atom. The molecule has 1 aromatic heterocycles. The van der Waals surface area contributed by atoms with Crippen molar-refractivity contribution in [1.29, 1.82) is 0 Å². The van der Waals surface area contributed by atoms with Crippen LogP contribution in [0.25, 0.3) is 11.8 Å². The minimum absolute atomic E-state index is 0.0604. The third-order valence-electron chi connectivity index (χ3n) is 5.58. The number of ether oxygens (including phenoxy) is 1. The summed E-state index contributed by atoms with van der Waals surface area (Å²) >= 11 is 0. The number of methoxy groups -OCH3 is 1. The molecule has 12 heteroatoms. The molecule has 2 N–H and O–H groups in total. The molecule has 0 saturated carbocycles. The summed E-state index contributed by atoms with van der Waals surface area (Å²) in [7, 11) is 1.48. The fourth-order valence-electron chi connectivity index (χ4n) is 3.87. The van der Waals surface area contributed by atoms with Crippen LogP contribution in [-0.2, 0) is 4.79 Å². The summed E-state index contributed by atoms with van der Waals surface area (Å²) in [6.07, 6.45) is 0.258. The quantitative estimate of drug-likeness (QED) is 0.368. The first-order chi connectivity index (χ1) is 17.6. The Morgan fingerprint density at radius 1 is 1.22 bits per heavy atom. The van der Waals surface area contributed by atoms with E-state index in [4.69, 9.17) is 4.74 Å². The van der Waals surface area contributed by atoms with Crippen LogP contribution in [0.5, 0.6) is 5.75 Å². The second-order valence-electron chi connectivity index (χ2n) is 8.22. The van der Waals surface area contributed by atoms with Gasteiger partial charge in [0.15, 0.2) is 0 Å². The number of imidazole rings is 1. The number of nitrogens with one attached hydrogen (secondary N) is 1. The average Bonchev–Trinajstić information content (AvgIpc) is 3.42. The Morgan fingerprint density at radius 2 is 1.95 bits per heavy atom. The fraction of sp³-hybridized carbons (Fsp3) is 0.240. The normalized spacial score (nSPS) is 16.9. The van der Waals surface area contributed by atoms with Gasteiger partial charge in [0.25, 0.3) is 5.91 Å². The van der Waals surface area contributed by atoms with Crippen LogP contribution in [0.4, 0.5) is 17.6 Å². The molecular formula is C25H23F4N5O3. The number of aliphatic hydroxyl groups is 1. The highest BCUT2D eigenvalue weighted by atomic mass is 19.4. The number of halogens is 4. The topological polar surface area (TPSA) is 92.0 Å². The Labute approximate surface area is 209 Å². The molecule has 3 aromatic rings. The van der Waals surface area contributed by atoms with Crippen molar-refractivity contribution in [3.63, 3.8) is 0 Å². The van der Waals surface area contributed by atoms with Crippen LogP contribution in [0.15, 0.2) is 65.7 Å². The number of hydrogen-bond acceptors (Lipinski definition) is 5. The molecule has 0 bridgehead atoms. The predicted octanol–water partition coefficient (Wildman–Crippen LogP) is 3.75. The second-order valence-corrected chi connectivity index (χ2v) is 8.22. The molecule has 1 saturated heterocycles. The monoisotopic (exact) mass is 517 g/mol. The number of guanidine groups is 1. The summed E-state index contributed by atoms with van der Waals surface area (Å²) in [5.74, 6) is -1.16. The zero-order chi connectivity index (χ0) is 26.7. The smallest absolute Gasteiger partial charge is 0.408 e. The van der Waals surface area contributed by atoms with Crippen LogP contribution in [-0.4, -0.2) is 57.9 Å². The SMILES string of the molecule is COc1cc(C=C2NC(=NCC(F)(F)F)N([C@@H](CO)c3ccc(F)cc3)C2=O)ccc1-n1cnc(C)c1. The fourth-order valence-corrected chi connectivity index (χ4v) is 3.87. The first kappa shape index (κ1) is 25.9. The van der Waals surface area contributed by atoms with Gasteiger partial charge in [-0.3, -0.25) is 9.69 Å². The maximum atomic E-state index is 13.4. The molecule has 1 fully saturated rings. The molecule has 0 radical (unpaired) electrons. The number of aliphatic imine (C=N–C) groups is 1. The maximum absolute atomic E-state index is 13.4. The summed E-state index contributed by atoms with van der Waals surface area (Å²) in [6.45, 7) is -0.334. The van der Waals surface area contributed by atoms with Gasteiger partial charge in [-0.05, 0) is 48.4 Å². The van der Waals surface area contributed by atoms with Gasteiger partial charge in [0.05, 0.1) is 37.5 Å². The van der Waals surface area contributed by atoms with Crippen molar-refractivity contribution in [3.05, 3.63) is 83.3 Å². The molecule has 1 atom stereocenters. The molecule has 0 aliphatic carbocycles. The summed E-state index contributed by atoms with van der Waals surface area (Å²) in [4.78, 5) is 22.0. The summed E-state index contributed by atoms with van der Waals surface area (Å²) in [5, 5.41) is 12.7. The standard InChI is InChI=1S/C25H23F4N5O3/c1-15-11-33(14-31-15)20-8-3-16(10-22(20)37-2)9-19-23(36)34(24(32-19)30-13-25(27,28)29)21(12-35)17-4-6-18(26)7-5-17/h3-11,14,21,35H,12-13H2,1-2H3,(H,30,32)/t21-/m0/s1. The first-order valence-electron chi connectivity index (χ1n) is 11.1. The van der Waals surface area contributed by atoms with E-state index in [1.54, 1.807) is 29.1 Å². The summed E-state index contributed by atoms with van der Waals surface area (Å²) in [6, 6.07) is 8.95. The van der Waals surface area contributed by atoms with Crippen molar-refractivity contribution >= 4 is 17.9 Å².